The molecule has 3 N–H and O–H groups in total. The third kappa shape index (κ3) is 4.57. The largest absolute Gasteiger partial charge is 0.496 e. The average molecular weight is 312 g/mol. The second-order valence-corrected chi connectivity index (χ2v) is 5.87. The highest BCUT2D eigenvalue weighted by atomic mass is 16.5. The number of carbonyl (C=O) groups excluding carboxylic acids is 1. The van der Waals surface area contributed by atoms with E-state index in [1.165, 1.54) is 0 Å². The van der Waals surface area contributed by atoms with Gasteiger partial charge in [-0.25, -0.2) is 0 Å². The average Bonchev–Trinajstić information content (AvgIpc) is 2.54. The van der Waals surface area contributed by atoms with E-state index in [-0.39, 0.29) is 11.9 Å². The minimum absolute atomic E-state index is 0.0866. The second-order valence-electron chi connectivity index (χ2n) is 5.87. The molecule has 0 aliphatic heterocycles. The van der Waals surface area contributed by atoms with Crippen LogP contribution in [0.15, 0.2) is 48.5 Å². The summed E-state index contributed by atoms with van der Waals surface area (Å²) >= 11 is 0. The van der Waals surface area contributed by atoms with Crippen molar-refractivity contribution < 1.29 is 9.53 Å². The molecule has 0 aliphatic rings. The van der Waals surface area contributed by atoms with Gasteiger partial charge in [-0.15, -0.1) is 0 Å². The molecule has 1 amide bonds. The van der Waals surface area contributed by atoms with Gasteiger partial charge in [-0.1, -0.05) is 42.5 Å². The molecule has 0 saturated heterocycles. The zero-order chi connectivity index (χ0) is 16.8. The van der Waals surface area contributed by atoms with E-state index in [1.807, 2.05) is 62.4 Å². The smallest absolute Gasteiger partial charge is 0.237 e. The first-order chi connectivity index (χ1) is 11.0. The van der Waals surface area contributed by atoms with E-state index in [9.17, 15) is 4.79 Å². The van der Waals surface area contributed by atoms with Crippen molar-refractivity contribution in [2.75, 3.05) is 7.11 Å². The van der Waals surface area contributed by atoms with Crippen LogP contribution in [0, 0.1) is 0 Å². The summed E-state index contributed by atoms with van der Waals surface area (Å²) in [4.78, 5) is 11.9. The molecule has 0 aromatic heterocycles. The lowest BCUT2D eigenvalue weighted by atomic mass is 9.99. The number of ether oxygens (including phenoxy) is 1. The van der Waals surface area contributed by atoms with Gasteiger partial charge in [0, 0.05) is 11.6 Å². The Morgan fingerprint density at radius 2 is 1.87 bits per heavy atom. The standard InChI is InChI=1S/C19H24N2O2/c1-13(2)21-19(22)17(20)11-14-9-10-16(18(12-14)23-3)15-7-5-4-6-8-15/h4-10,12-13,17H,11,20H2,1-3H3,(H,21,22)/t17-/m0/s1. The zero-order valence-corrected chi connectivity index (χ0v) is 13.9. The van der Waals surface area contributed by atoms with Gasteiger partial charge in [0.05, 0.1) is 13.2 Å². The minimum atomic E-state index is -0.565. The fourth-order valence-corrected chi connectivity index (χ4v) is 2.46. The lowest BCUT2D eigenvalue weighted by molar-refractivity contribution is -0.122. The predicted octanol–water partition coefficient (Wildman–Crippen LogP) is 2.76. The molecule has 0 unspecified atom stereocenters. The van der Waals surface area contributed by atoms with Gasteiger partial charge in [0.1, 0.15) is 5.75 Å². The van der Waals surface area contributed by atoms with Gasteiger partial charge >= 0.3 is 0 Å². The number of hydrogen-bond donors (Lipinski definition) is 2. The Morgan fingerprint density at radius 1 is 1.17 bits per heavy atom. The van der Waals surface area contributed by atoms with Crippen molar-refractivity contribution in [1.29, 1.82) is 0 Å². The van der Waals surface area contributed by atoms with Crippen LogP contribution in [0.5, 0.6) is 5.75 Å². The van der Waals surface area contributed by atoms with Crippen molar-refractivity contribution in [3.05, 3.63) is 54.1 Å². The molecule has 1 atom stereocenters. The zero-order valence-electron chi connectivity index (χ0n) is 13.9. The molecule has 0 fully saturated rings. The Morgan fingerprint density at radius 3 is 2.48 bits per heavy atom. The van der Waals surface area contributed by atoms with Crippen LogP contribution in [0.4, 0.5) is 0 Å². The van der Waals surface area contributed by atoms with Crippen molar-refractivity contribution in [3.63, 3.8) is 0 Å². The summed E-state index contributed by atoms with van der Waals surface area (Å²) in [5.41, 5.74) is 9.09. The highest BCUT2D eigenvalue weighted by Gasteiger charge is 2.16. The number of nitrogens with two attached hydrogens (primary N) is 1. The first-order valence-electron chi connectivity index (χ1n) is 7.79. The van der Waals surface area contributed by atoms with Crippen molar-refractivity contribution in [2.45, 2.75) is 32.4 Å². The van der Waals surface area contributed by atoms with E-state index in [0.29, 0.717) is 6.42 Å². The number of methoxy groups -OCH3 is 1. The quantitative estimate of drug-likeness (QED) is 0.862. The fraction of sp³-hybridized carbons (Fsp3) is 0.316. The maximum atomic E-state index is 11.9. The fourth-order valence-electron chi connectivity index (χ4n) is 2.46. The minimum Gasteiger partial charge on any atom is -0.496 e. The molecular weight excluding hydrogens is 288 g/mol. The maximum Gasteiger partial charge on any atom is 0.237 e. The summed E-state index contributed by atoms with van der Waals surface area (Å²) in [6, 6.07) is 15.5. The number of rotatable bonds is 6. The van der Waals surface area contributed by atoms with Crippen LogP contribution in [0.2, 0.25) is 0 Å². The second kappa shape index (κ2) is 7.79. The monoisotopic (exact) mass is 312 g/mol. The Labute approximate surface area is 137 Å². The van der Waals surface area contributed by atoms with Crippen LogP contribution in [0.1, 0.15) is 19.4 Å². The molecule has 0 radical (unpaired) electrons. The van der Waals surface area contributed by atoms with Gasteiger partial charge < -0.3 is 15.8 Å². The molecule has 2 rings (SSSR count). The molecule has 4 nitrogen and oxygen atoms in total. The maximum absolute atomic E-state index is 11.9. The SMILES string of the molecule is COc1cc(C[C@H](N)C(=O)NC(C)C)ccc1-c1ccccc1. The Kier molecular flexibility index (Phi) is 5.77. The van der Waals surface area contributed by atoms with Gasteiger partial charge in [0.25, 0.3) is 0 Å². The number of amides is 1. The molecule has 0 aliphatic carbocycles. The van der Waals surface area contributed by atoms with Crippen molar-refractivity contribution in [1.82, 2.24) is 5.32 Å². The van der Waals surface area contributed by atoms with Crippen LogP contribution < -0.4 is 15.8 Å². The molecule has 0 spiro atoms. The Balaban J connectivity index is 2.18. The third-order valence-electron chi connectivity index (χ3n) is 3.57. The molecule has 0 heterocycles. The van der Waals surface area contributed by atoms with Gasteiger partial charge in [-0.3, -0.25) is 4.79 Å². The van der Waals surface area contributed by atoms with Crippen LogP contribution in [0.25, 0.3) is 11.1 Å². The van der Waals surface area contributed by atoms with Crippen molar-refractivity contribution in [3.8, 4) is 16.9 Å². The number of hydrogen-bond acceptors (Lipinski definition) is 3. The summed E-state index contributed by atoms with van der Waals surface area (Å²) in [7, 11) is 1.65. The molecule has 2 aromatic carbocycles. The van der Waals surface area contributed by atoms with E-state index in [1.54, 1.807) is 7.11 Å². The van der Waals surface area contributed by atoms with Crippen LogP contribution in [-0.2, 0) is 11.2 Å². The van der Waals surface area contributed by atoms with Gasteiger partial charge in [0.15, 0.2) is 0 Å². The molecule has 4 heteroatoms. The van der Waals surface area contributed by atoms with E-state index < -0.39 is 6.04 Å². The van der Waals surface area contributed by atoms with E-state index in [0.717, 1.165) is 22.4 Å². The van der Waals surface area contributed by atoms with Crippen molar-refractivity contribution >= 4 is 5.91 Å². The van der Waals surface area contributed by atoms with Gasteiger partial charge in [-0.05, 0) is 37.5 Å². The number of nitrogens with one attached hydrogen (secondary N) is 1. The van der Waals surface area contributed by atoms with E-state index in [4.69, 9.17) is 10.5 Å². The lowest BCUT2D eigenvalue weighted by Crippen LogP contribution is -2.44. The summed E-state index contributed by atoms with van der Waals surface area (Å²) in [5.74, 6) is 0.649. The molecule has 23 heavy (non-hydrogen) atoms. The normalized spacial score (nSPS) is 12.0. The number of carbonyl (C=O) groups is 1. The highest BCUT2D eigenvalue weighted by Crippen LogP contribution is 2.30. The summed E-state index contributed by atoms with van der Waals surface area (Å²) in [6.45, 7) is 3.84. The van der Waals surface area contributed by atoms with Gasteiger partial charge in [-0.2, -0.15) is 0 Å². The van der Waals surface area contributed by atoms with Crippen LogP contribution >= 0.6 is 0 Å². The van der Waals surface area contributed by atoms with Crippen LogP contribution in [-0.4, -0.2) is 25.1 Å². The summed E-state index contributed by atoms with van der Waals surface area (Å²) < 4.78 is 5.51. The number of benzene rings is 2. The topological polar surface area (TPSA) is 64.3 Å². The highest BCUT2D eigenvalue weighted by molar-refractivity contribution is 5.82. The molecule has 0 bridgehead atoms. The van der Waals surface area contributed by atoms with E-state index >= 15 is 0 Å². The van der Waals surface area contributed by atoms with Gasteiger partial charge in [0.2, 0.25) is 5.91 Å². The first-order valence-corrected chi connectivity index (χ1v) is 7.79. The molecule has 2 aromatic rings. The first kappa shape index (κ1) is 17.0. The predicted molar refractivity (Wildman–Crippen MR) is 93.4 cm³/mol. The molecule has 0 saturated carbocycles. The van der Waals surface area contributed by atoms with E-state index in [2.05, 4.69) is 5.32 Å². The Bertz CT molecular complexity index is 654. The van der Waals surface area contributed by atoms with Crippen LogP contribution in [0.3, 0.4) is 0 Å². The molecular formula is C19H24N2O2. The summed E-state index contributed by atoms with van der Waals surface area (Å²) in [5, 5.41) is 2.83. The summed E-state index contributed by atoms with van der Waals surface area (Å²) in [6.07, 6.45) is 0.476. The molecule has 122 valence electrons. The third-order valence-corrected chi connectivity index (χ3v) is 3.57. The van der Waals surface area contributed by atoms with Crippen molar-refractivity contribution in [2.24, 2.45) is 5.73 Å². The lowest BCUT2D eigenvalue weighted by Gasteiger charge is -2.16. The Hall–Kier alpha value is -2.33.